The first kappa shape index (κ1) is 14.3. The van der Waals surface area contributed by atoms with Gasteiger partial charge in [0, 0.05) is 12.5 Å². The smallest absolute Gasteiger partial charge is 0.186 e. The van der Waals surface area contributed by atoms with Crippen LogP contribution in [0.4, 0.5) is 0 Å². The lowest BCUT2D eigenvalue weighted by molar-refractivity contribution is -0.126. The molecule has 0 saturated heterocycles. The minimum absolute atomic E-state index is 0.0545. The number of hydrogen-bond donors (Lipinski definition) is 2. The first-order valence-electron chi connectivity index (χ1n) is 5.40. The van der Waals surface area contributed by atoms with Crippen LogP contribution in [-0.4, -0.2) is 54.3 Å². The fourth-order valence-electron chi connectivity index (χ4n) is 1.45. The summed E-state index contributed by atoms with van der Waals surface area (Å²) in [6.07, 6.45) is 0.415. The molecule has 1 rings (SSSR count). The van der Waals surface area contributed by atoms with Gasteiger partial charge in [-0.3, -0.25) is 4.79 Å². The molecule has 0 aliphatic heterocycles. The van der Waals surface area contributed by atoms with Crippen LogP contribution in [0.5, 0.6) is 0 Å². The van der Waals surface area contributed by atoms with E-state index in [9.17, 15) is 4.79 Å². The van der Waals surface area contributed by atoms with E-state index in [1.807, 2.05) is 0 Å². The molecule has 98 valence electrons. The van der Waals surface area contributed by atoms with Crippen LogP contribution in [0.1, 0.15) is 6.42 Å². The third-order valence-electron chi connectivity index (χ3n) is 2.32. The molecule has 0 spiro atoms. The highest BCUT2D eigenvalue weighted by molar-refractivity contribution is 6.14. The second-order valence-electron chi connectivity index (χ2n) is 3.52. The zero-order chi connectivity index (χ0) is 13.4. The Labute approximate surface area is 104 Å². The summed E-state index contributed by atoms with van der Waals surface area (Å²) in [5.41, 5.74) is 0.192. The Hall–Kier alpha value is -1.75. The molecule has 0 aromatic carbocycles. The van der Waals surface area contributed by atoms with Crippen LogP contribution in [0.3, 0.4) is 0 Å². The Morgan fingerprint density at radius 2 is 2.28 bits per heavy atom. The van der Waals surface area contributed by atoms with Gasteiger partial charge in [-0.25, -0.2) is 0 Å². The van der Waals surface area contributed by atoms with Gasteiger partial charge in [0.15, 0.2) is 5.78 Å². The lowest BCUT2D eigenvalue weighted by atomic mass is 9.95. The first-order chi connectivity index (χ1) is 8.72. The number of ketones is 1. The topological polar surface area (TPSA) is 112 Å². The van der Waals surface area contributed by atoms with Crippen molar-refractivity contribution in [1.82, 2.24) is 0 Å². The van der Waals surface area contributed by atoms with E-state index in [-0.39, 0.29) is 49.9 Å². The van der Waals surface area contributed by atoms with Crippen LogP contribution in [0.15, 0.2) is 16.8 Å². The van der Waals surface area contributed by atoms with Crippen LogP contribution in [0.2, 0.25) is 0 Å². The average molecular weight is 254 g/mol. The minimum atomic E-state index is -0.759. The molecule has 0 heterocycles. The Balaban J connectivity index is 2.47. The Morgan fingerprint density at radius 3 is 2.89 bits per heavy atom. The number of carbonyl (C=O) groups is 1. The maximum atomic E-state index is 11.6. The summed E-state index contributed by atoms with van der Waals surface area (Å²) in [6, 6.07) is 1.78. The maximum absolute atomic E-state index is 11.6. The third-order valence-corrected chi connectivity index (χ3v) is 2.32. The summed E-state index contributed by atoms with van der Waals surface area (Å²) >= 11 is 0. The highest BCUT2D eigenvalue weighted by Crippen LogP contribution is 2.15. The summed E-state index contributed by atoms with van der Waals surface area (Å²) in [4.78, 5) is 11.6. The van der Waals surface area contributed by atoms with Crippen molar-refractivity contribution >= 4 is 11.5 Å². The predicted octanol–water partition coefficient (Wildman–Crippen LogP) is -0.367. The largest absolute Gasteiger partial charge is 0.411 e. The summed E-state index contributed by atoms with van der Waals surface area (Å²) in [7, 11) is 0. The number of hydrogen-bond acceptors (Lipinski definition) is 7. The maximum Gasteiger partial charge on any atom is 0.186 e. The van der Waals surface area contributed by atoms with Gasteiger partial charge in [0.25, 0.3) is 0 Å². The van der Waals surface area contributed by atoms with Crippen LogP contribution < -0.4 is 0 Å². The molecule has 0 saturated carbocycles. The molecule has 1 atom stereocenters. The van der Waals surface area contributed by atoms with E-state index in [1.165, 1.54) is 0 Å². The lowest BCUT2D eigenvalue weighted by Crippen LogP contribution is -2.32. The minimum Gasteiger partial charge on any atom is -0.411 e. The molecule has 0 bridgehead atoms. The highest BCUT2D eigenvalue weighted by Gasteiger charge is 2.28. The van der Waals surface area contributed by atoms with Crippen LogP contribution in [0, 0.1) is 11.3 Å². The Bertz CT molecular complexity index is 397. The molecule has 0 aromatic heterocycles. The van der Waals surface area contributed by atoms with E-state index < -0.39 is 6.10 Å². The standard InChI is InChI=1S/C11H14N2O5/c12-7-8-5-10(15)11(6-9(8)13-16)18-4-3-17-2-1-14/h5,11,14,16H,1-4,6H2/b13-9-. The van der Waals surface area contributed by atoms with Gasteiger partial charge < -0.3 is 19.8 Å². The van der Waals surface area contributed by atoms with E-state index in [1.54, 1.807) is 6.07 Å². The van der Waals surface area contributed by atoms with Gasteiger partial charge in [0.2, 0.25) is 0 Å². The van der Waals surface area contributed by atoms with Gasteiger partial charge in [-0.05, 0) is 0 Å². The lowest BCUT2D eigenvalue weighted by Gasteiger charge is -2.19. The number of nitrogens with zero attached hydrogens (tertiary/aromatic N) is 2. The number of nitriles is 1. The molecule has 0 amide bonds. The molecule has 0 fully saturated rings. The number of ether oxygens (including phenoxy) is 2. The number of oxime groups is 1. The number of carbonyl (C=O) groups excluding carboxylic acids is 1. The summed E-state index contributed by atoms with van der Waals surface area (Å²) in [5, 5.41) is 28.9. The van der Waals surface area contributed by atoms with Crippen molar-refractivity contribution in [2.75, 3.05) is 26.4 Å². The van der Waals surface area contributed by atoms with Gasteiger partial charge in [0.05, 0.1) is 32.0 Å². The van der Waals surface area contributed by atoms with Crippen molar-refractivity contribution in [1.29, 1.82) is 5.26 Å². The van der Waals surface area contributed by atoms with Gasteiger partial charge in [0.1, 0.15) is 17.9 Å². The molecular formula is C11H14N2O5. The third kappa shape index (κ3) is 3.92. The summed E-state index contributed by atoms with van der Waals surface area (Å²) < 4.78 is 10.2. The number of allylic oxidation sites excluding steroid dienone is 1. The van der Waals surface area contributed by atoms with Crippen molar-refractivity contribution in [3.8, 4) is 6.07 Å². The van der Waals surface area contributed by atoms with E-state index in [4.69, 9.17) is 25.0 Å². The van der Waals surface area contributed by atoms with E-state index in [0.29, 0.717) is 0 Å². The molecule has 1 aliphatic carbocycles. The predicted molar refractivity (Wildman–Crippen MR) is 60.2 cm³/mol. The van der Waals surface area contributed by atoms with Crippen molar-refractivity contribution in [3.05, 3.63) is 11.6 Å². The molecule has 2 N–H and O–H groups in total. The highest BCUT2D eigenvalue weighted by atomic mass is 16.5. The van der Waals surface area contributed by atoms with Gasteiger partial charge in [-0.1, -0.05) is 5.16 Å². The second kappa shape index (κ2) is 7.55. The fourth-order valence-corrected chi connectivity index (χ4v) is 1.45. The molecule has 0 aromatic rings. The van der Waals surface area contributed by atoms with Gasteiger partial charge in [-0.15, -0.1) is 0 Å². The molecule has 0 radical (unpaired) electrons. The second-order valence-corrected chi connectivity index (χ2v) is 3.52. The van der Waals surface area contributed by atoms with Crippen molar-refractivity contribution in [2.45, 2.75) is 12.5 Å². The monoisotopic (exact) mass is 254 g/mol. The molecule has 1 aliphatic rings. The van der Waals surface area contributed by atoms with Crippen molar-refractivity contribution in [2.24, 2.45) is 5.16 Å². The molecule has 7 heteroatoms. The average Bonchev–Trinajstić information content (AvgIpc) is 2.39. The molecule has 1 unspecified atom stereocenters. The van der Waals surface area contributed by atoms with E-state index in [2.05, 4.69) is 5.16 Å². The van der Waals surface area contributed by atoms with Crippen LogP contribution >= 0.6 is 0 Å². The number of rotatable bonds is 6. The zero-order valence-corrected chi connectivity index (χ0v) is 9.70. The van der Waals surface area contributed by atoms with Crippen molar-refractivity contribution in [3.63, 3.8) is 0 Å². The van der Waals surface area contributed by atoms with Crippen LogP contribution in [-0.2, 0) is 14.3 Å². The van der Waals surface area contributed by atoms with Crippen molar-refractivity contribution < 1.29 is 24.6 Å². The fraction of sp³-hybridized carbons (Fsp3) is 0.545. The normalized spacial score (nSPS) is 21.8. The number of aliphatic hydroxyl groups is 1. The van der Waals surface area contributed by atoms with Gasteiger partial charge in [-0.2, -0.15) is 5.26 Å². The Morgan fingerprint density at radius 1 is 1.50 bits per heavy atom. The zero-order valence-electron chi connectivity index (χ0n) is 9.70. The quantitative estimate of drug-likeness (QED) is 0.380. The molecule has 7 nitrogen and oxygen atoms in total. The molecular weight excluding hydrogens is 240 g/mol. The molecule has 18 heavy (non-hydrogen) atoms. The summed E-state index contributed by atoms with van der Waals surface area (Å²) in [5.74, 6) is -0.332. The van der Waals surface area contributed by atoms with Gasteiger partial charge >= 0.3 is 0 Å². The first-order valence-corrected chi connectivity index (χ1v) is 5.40. The summed E-state index contributed by atoms with van der Waals surface area (Å²) in [6.45, 7) is 0.581. The SMILES string of the molecule is N#CC1=CC(=O)C(OCCOCCO)C/C1=N/O. The number of aliphatic hydroxyl groups excluding tert-OH is 1. The van der Waals surface area contributed by atoms with E-state index in [0.717, 1.165) is 6.08 Å². The van der Waals surface area contributed by atoms with E-state index >= 15 is 0 Å². The Kier molecular flexibility index (Phi) is 6.00. The van der Waals surface area contributed by atoms with Crippen LogP contribution in [0.25, 0.3) is 0 Å².